The number of rotatable bonds is 17. The van der Waals surface area contributed by atoms with Crippen LogP contribution in [0.2, 0.25) is 0 Å². The van der Waals surface area contributed by atoms with Crippen molar-refractivity contribution in [2.45, 2.75) is 70.9 Å². The Balaban J connectivity index is 1.18. The van der Waals surface area contributed by atoms with Crippen LogP contribution in [0.5, 0.6) is 0 Å². The van der Waals surface area contributed by atoms with Gasteiger partial charge < -0.3 is 20.1 Å². The normalized spacial score (nSPS) is 13.8. The van der Waals surface area contributed by atoms with E-state index in [-0.39, 0.29) is 25.0 Å². The fraction of sp³-hybridized carbons (Fsp3) is 0.372. The van der Waals surface area contributed by atoms with Crippen LogP contribution in [0, 0.1) is 0 Å². The second-order valence-corrected chi connectivity index (χ2v) is 14.1. The Morgan fingerprint density at radius 1 is 0.788 bits per heavy atom. The molecule has 1 unspecified atom stereocenters. The molecule has 1 saturated carbocycles. The van der Waals surface area contributed by atoms with Crippen LogP contribution >= 0.6 is 15.9 Å². The van der Waals surface area contributed by atoms with Gasteiger partial charge in [0.05, 0.1) is 30.3 Å². The summed E-state index contributed by atoms with van der Waals surface area (Å²) < 4.78 is 12.3. The van der Waals surface area contributed by atoms with E-state index in [0.29, 0.717) is 58.9 Å². The maximum Gasteiger partial charge on any atom is 0.338 e. The Kier molecular flexibility index (Phi) is 14.5. The highest BCUT2D eigenvalue weighted by Gasteiger charge is 2.24. The molecular formula is C43H50BrN3O5. The number of ketones is 1. The molecule has 0 saturated heterocycles. The predicted octanol–water partition coefficient (Wildman–Crippen LogP) is 8.82. The molecule has 4 aromatic carbocycles. The standard InChI is InChI=1S/C43H50BrN3O5/c1-3-38(32-17-14-18-33(27-32)41(48)31-15-8-5-9-16-31)43(50)52-26-24-47(37-21-12-7-13-22-37)23-25-51-42(49)34-28-35(40(45)39(44)29-34)30-46(4-2)36-19-10-6-11-20-36/h5,7-9,12-18,21-22,27-29,36,38H,3-4,6,10-11,19-20,23-26,30,45H2,1-2H3. The van der Waals surface area contributed by atoms with E-state index >= 15 is 0 Å². The molecule has 0 heterocycles. The molecule has 0 aromatic heterocycles. The van der Waals surface area contributed by atoms with Crippen LogP contribution in [0.1, 0.15) is 95.7 Å². The van der Waals surface area contributed by atoms with Gasteiger partial charge in [0.2, 0.25) is 0 Å². The van der Waals surface area contributed by atoms with Crippen molar-refractivity contribution in [3.05, 3.63) is 129 Å². The average Bonchev–Trinajstić information content (AvgIpc) is 3.18. The van der Waals surface area contributed by atoms with E-state index in [4.69, 9.17) is 15.2 Å². The number of anilines is 2. The Morgan fingerprint density at radius 2 is 1.44 bits per heavy atom. The number of benzene rings is 4. The lowest BCUT2D eigenvalue weighted by Crippen LogP contribution is -2.36. The largest absolute Gasteiger partial charge is 0.463 e. The van der Waals surface area contributed by atoms with Gasteiger partial charge >= 0.3 is 11.9 Å². The van der Waals surface area contributed by atoms with Crippen molar-refractivity contribution in [2.75, 3.05) is 43.5 Å². The molecular weight excluding hydrogens is 718 g/mol. The van der Waals surface area contributed by atoms with Gasteiger partial charge in [-0.3, -0.25) is 14.5 Å². The lowest BCUT2D eigenvalue weighted by Gasteiger charge is -2.34. The molecule has 274 valence electrons. The number of nitrogens with zero attached hydrogens (tertiary/aromatic N) is 2. The summed E-state index contributed by atoms with van der Waals surface area (Å²) in [6, 6.07) is 30.2. The highest BCUT2D eigenvalue weighted by atomic mass is 79.9. The van der Waals surface area contributed by atoms with Crippen molar-refractivity contribution in [1.82, 2.24) is 4.90 Å². The maximum absolute atomic E-state index is 13.3. The molecule has 0 amide bonds. The third-order valence-corrected chi connectivity index (χ3v) is 10.6. The summed E-state index contributed by atoms with van der Waals surface area (Å²) in [5.41, 5.74) is 11.3. The first-order valence-corrected chi connectivity index (χ1v) is 19.2. The van der Waals surface area contributed by atoms with Gasteiger partial charge in [0.25, 0.3) is 0 Å². The zero-order valence-corrected chi connectivity index (χ0v) is 31.9. The van der Waals surface area contributed by atoms with Crippen molar-refractivity contribution in [2.24, 2.45) is 0 Å². The summed E-state index contributed by atoms with van der Waals surface area (Å²) in [5.74, 6) is -1.36. The minimum absolute atomic E-state index is 0.0906. The third-order valence-electron chi connectivity index (χ3n) is 9.92. The monoisotopic (exact) mass is 767 g/mol. The summed E-state index contributed by atoms with van der Waals surface area (Å²) in [4.78, 5) is 44.2. The Hall–Kier alpha value is -4.47. The molecule has 1 aliphatic rings. The molecule has 1 aliphatic carbocycles. The number of nitrogen functional groups attached to an aromatic ring is 1. The van der Waals surface area contributed by atoms with Crippen molar-refractivity contribution >= 4 is 45.0 Å². The van der Waals surface area contributed by atoms with E-state index in [2.05, 4.69) is 27.8 Å². The van der Waals surface area contributed by atoms with Gasteiger partial charge in [-0.05, 0) is 83.2 Å². The number of hydrogen-bond acceptors (Lipinski definition) is 8. The molecule has 2 N–H and O–H groups in total. The summed E-state index contributed by atoms with van der Waals surface area (Å²) in [7, 11) is 0. The van der Waals surface area contributed by atoms with Crippen LogP contribution in [0.15, 0.2) is 102 Å². The van der Waals surface area contributed by atoms with E-state index in [1.54, 1.807) is 36.4 Å². The van der Waals surface area contributed by atoms with Crippen LogP contribution < -0.4 is 10.6 Å². The number of esters is 2. The summed E-state index contributed by atoms with van der Waals surface area (Å²) in [6.07, 6.45) is 6.71. The van der Waals surface area contributed by atoms with E-state index in [9.17, 15) is 14.4 Å². The van der Waals surface area contributed by atoms with Crippen molar-refractivity contribution in [3.8, 4) is 0 Å². The zero-order valence-electron chi connectivity index (χ0n) is 30.3. The lowest BCUT2D eigenvalue weighted by atomic mass is 9.93. The number of carbonyl (C=O) groups is 3. The van der Waals surface area contributed by atoms with E-state index < -0.39 is 11.9 Å². The second-order valence-electron chi connectivity index (χ2n) is 13.3. The van der Waals surface area contributed by atoms with Gasteiger partial charge in [0, 0.05) is 33.9 Å². The van der Waals surface area contributed by atoms with Gasteiger partial charge in [0.1, 0.15) is 13.2 Å². The van der Waals surface area contributed by atoms with Crippen LogP contribution in [-0.2, 0) is 20.8 Å². The van der Waals surface area contributed by atoms with Crippen molar-refractivity contribution < 1.29 is 23.9 Å². The van der Waals surface area contributed by atoms with Gasteiger partial charge in [-0.25, -0.2) is 4.79 Å². The van der Waals surface area contributed by atoms with Gasteiger partial charge in [0.15, 0.2) is 5.78 Å². The fourth-order valence-electron chi connectivity index (χ4n) is 6.98. The number of carbonyl (C=O) groups excluding carboxylic acids is 3. The van der Waals surface area contributed by atoms with Gasteiger partial charge in [-0.1, -0.05) is 99.8 Å². The predicted molar refractivity (Wildman–Crippen MR) is 211 cm³/mol. The molecule has 4 aromatic rings. The molecule has 52 heavy (non-hydrogen) atoms. The first kappa shape index (κ1) is 38.8. The maximum atomic E-state index is 13.3. The van der Waals surface area contributed by atoms with Crippen LogP contribution in [0.4, 0.5) is 11.4 Å². The number of hydrogen-bond donors (Lipinski definition) is 1. The Bertz CT molecular complexity index is 1780. The first-order valence-electron chi connectivity index (χ1n) is 18.4. The Labute approximate surface area is 316 Å². The molecule has 1 atom stereocenters. The summed E-state index contributed by atoms with van der Waals surface area (Å²) in [6.45, 7) is 6.80. The second kappa shape index (κ2) is 19.4. The number of nitrogens with two attached hydrogens (primary N) is 1. The quantitative estimate of drug-likeness (QED) is 0.0647. The minimum Gasteiger partial charge on any atom is -0.463 e. The van der Waals surface area contributed by atoms with Crippen molar-refractivity contribution in [3.63, 3.8) is 0 Å². The third kappa shape index (κ3) is 10.3. The minimum atomic E-state index is -0.508. The van der Waals surface area contributed by atoms with E-state index in [1.165, 1.54) is 32.1 Å². The molecule has 8 nitrogen and oxygen atoms in total. The van der Waals surface area contributed by atoms with Crippen LogP contribution in [0.25, 0.3) is 0 Å². The average molecular weight is 769 g/mol. The lowest BCUT2D eigenvalue weighted by molar-refractivity contribution is -0.145. The van der Waals surface area contributed by atoms with E-state index in [0.717, 1.165) is 23.4 Å². The van der Waals surface area contributed by atoms with E-state index in [1.807, 2.05) is 72.5 Å². The molecule has 0 bridgehead atoms. The summed E-state index contributed by atoms with van der Waals surface area (Å²) >= 11 is 3.57. The zero-order chi connectivity index (χ0) is 36.9. The van der Waals surface area contributed by atoms with Crippen molar-refractivity contribution in [1.29, 1.82) is 0 Å². The number of para-hydroxylation sites is 1. The smallest absolute Gasteiger partial charge is 0.338 e. The topological polar surface area (TPSA) is 102 Å². The van der Waals surface area contributed by atoms with Gasteiger partial charge in [-0.15, -0.1) is 0 Å². The first-order chi connectivity index (χ1) is 25.3. The molecule has 0 spiro atoms. The summed E-state index contributed by atoms with van der Waals surface area (Å²) in [5, 5.41) is 0. The fourth-order valence-corrected chi connectivity index (χ4v) is 7.48. The van der Waals surface area contributed by atoms with Crippen LogP contribution in [0.3, 0.4) is 0 Å². The number of halogens is 1. The molecule has 5 rings (SSSR count). The molecule has 0 radical (unpaired) electrons. The highest BCUT2D eigenvalue weighted by molar-refractivity contribution is 9.10. The molecule has 1 fully saturated rings. The Morgan fingerprint density at radius 3 is 2.12 bits per heavy atom. The molecule has 0 aliphatic heterocycles. The SMILES string of the molecule is CCC(C(=O)OCCN(CCOC(=O)c1cc(Br)c(N)c(CN(CC)C2CCCCC2)c1)c1ccccc1)c1cccc(C(=O)c2ccccc2)c1. The highest BCUT2D eigenvalue weighted by Crippen LogP contribution is 2.30. The number of ether oxygens (including phenoxy) is 2. The van der Waals surface area contributed by atoms with Crippen LogP contribution in [-0.4, -0.2) is 61.5 Å². The van der Waals surface area contributed by atoms with Gasteiger partial charge in [-0.2, -0.15) is 0 Å². The molecule has 9 heteroatoms.